The minimum Gasteiger partial charge on any atom is -0.457 e. The van der Waals surface area contributed by atoms with Crippen LogP contribution in [0.2, 0.25) is 0 Å². The van der Waals surface area contributed by atoms with Crippen LogP contribution in [0.4, 0.5) is 4.39 Å². The molecule has 2 aromatic rings. The minimum atomic E-state index is -0.517. The van der Waals surface area contributed by atoms with Gasteiger partial charge in [-0.1, -0.05) is 12.1 Å². The van der Waals surface area contributed by atoms with E-state index in [-0.39, 0.29) is 42.3 Å². The van der Waals surface area contributed by atoms with Gasteiger partial charge in [0.2, 0.25) is 0 Å². The molecule has 0 bridgehead atoms. The van der Waals surface area contributed by atoms with Crippen molar-refractivity contribution in [3.05, 3.63) is 59.4 Å². The van der Waals surface area contributed by atoms with E-state index in [2.05, 4.69) is 4.90 Å². The van der Waals surface area contributed by atoms with Gasteiger partial charge in [-0.05, 0) is 68.1 Å². The van der Waals surface area contributed by atoms with Crippen molar-refractivity contribution in [2.24, 2.45) is 5.73 Å². The van der Waals surface area contributed by atoms with Crippen molar-refractivity contribution in [1.29, 1.82) is 0 Å². The Morgan fingerprint density at radius 1 is 1.03 bits per heavy atom. The van der Waals surface area contributed by atoms with Gasteiger partial charge in [0.05, 0.1) is 18.8 Å². The zero-order valence-corrected chi connectivity index (χ0v) is 20.9. The van der Waals surface area contributed by atoms with E-state index in [4.69, 9.17) is 15.2 Å². The van der Waals surface area contributed by atoms with Crippen molar-refractivity contribution >= 4 is 30.7 Å². The van der Waals surface area contributed by atoms with Gasteiger partial charge in [-0.25, -0.2) is 4.39 Å². The van der Waals surface area contributed by atoms with Crippen molar-refractivity contribution < 1.29 is 18.7 Å². The highest BCUT2D eigenvalue weighted by Crippen LogP contribution is 2.27. The molecule has 1 unspecified atom stereocenters. The summed E-state index contributed by atoms with van der Waals surface area (Å²) in [6.45, 7) is 5.25. The fourth-order valence-corrected chi connectivity index (χ4v) is 4.45. The number of rotatable bonds is 7. The van der Waals surface area contributed by atoms with E-state index in [0.29, 0.717) is 24.6 Å². The Labute approximate surface area is 213 Å². The summed E-state index contributed by atoms with van der Waals surface area (Å²) in [4.78, 5) is 17.6. The maximum absolute atomic E-state index is 14.7. The van der Waals surface area contributed by atoms with Gasteiger partial charge in [-0.2, -0.15) is 0 Å². The van der Waals surface area contributed by atoms with Crippen molar-refractivity contribution in [3.8, 4) is 11.5 Å². The molecule has 2 aliphatic heterocycles. The number of nitrogens with two attached hydrogens (primary N) is 1. The maximum atomic E-state index is 14.7. The van der Waals surface area contributed by atoms with Crippen LogP contribution >= 0.6 is 24.8 Å². The quantitative estimate of drug-likeness (QED) is 0.597. The molecule has 2 saturated heterocycles. The minimum absolute atomic E-state index is 0. The van der Waals surface area contributed by atoms with Crippen molar-refractivity contribution in [3.63, 3.8) is 0 Å². The highest BCUT2D eigenvalue weighted by atomic mass is 35.5. The monoisotopic (exact) mass is 513 g/mol. The first-order valence-electron chi connectivity index (χ1n) is 11.5. The largest absolute Gasteiger partial charge is 0.457 e. The van der Waals surface area contributed by atoms with E-state index in [9.17, 15) is 9.18 Å². The number of morpholine rings is 1. The van der Waals surface area contributed by atoms with E-state index < -0.39 is 5.82 Å². The van der Waals surface area contributed by atoms with Gasteiger partial charge in [-0.3, -0.25) is 9.69 Å². The van der Waals surface area contributed by atoms with Crippen LogP contribution in [-0.2, 0) is 11.2 Å². The van der Waals surface area contributed by atoms with Crippen molar-refractivity contribution in [2.75, 3.05) is 45.9 Å². The smallest absolute Gasteiger partial charge is 0.257 e. The van der Waals surface area contributed by atoms with E-state index in [1.807, 2.05) is 29.2 Å². The summed E-state index contributed by atoms with van der Waals surface area (Å²) in [6, 6.07) is 12.1. The molecule has 2 N–H and O–H groups in total. The van der Waals surface area contributed by atoms with Gasteiger partial charge in [-0.15, -0.1) is 24.8 Å². The molecule has 0 aliphatic carbocycles. The molecule has 0 radical (unpaired) electrons. The number of carbonyl (C=O) groups excluding carboxylic acids is 1. The molecule has 0 spiro atoms. The third-order valence-corrected chi connectivity index (χ3v) is 6.22. The topological polar surface area (TPSA) is 68.0 Å². The molecule has 6 nitrogen and oxygen atoms in total. The zero-order chi connectivity index (χ0) is 22.3. The van der Waals surface area contributed by atoms with Gasteiger partial charge in [0.25, 0.3) is 5.91 Å². The lowest BCUT2D eigenvalue weighted by Crippen LogP contribution is -2.51. The summed E-state index contributed by atoms with van der Waals surface area (Å²) in [7, 11) is 0. The lowest BCUT2D eigenvalue weighted by atomic mass is 9.99. The maximum Gasteiger partial charge on any atom is 0.257 e. The molecule has 2 fully saturated rings. The normalized spacial score (nSPS) is 18.5. The predicted molar refractivity (Wildman–Crippen MR) is 136 cm³/mol. The average molecular weight is 514 g/mol. The van der Waals surface area contributed by atoms with E-state index in [0.717, 1.165) is 64.1 Å². The second-order valence-electron chi connectivity index (χ2n) is 8.49. The van der Waals surface area contributed by atoms with E-state index in [1.165, 1.54) is 12.1 Å². The first-order valence-corrected chi connectivity index (χ1v) is 11.5. The third kappa shape index (κ3) is 7.30. The van der Waals surface area contributed by atoms with Crippen molar-refractivity contribution in [2.45, 2.75) is 31.7 Å². The number of amides is 1. The number of piperidine rings is 1. The molecule has 2 heterocycles. The molecular formula is C25H34Cl2FN3O3. The molecule has 4 rings (SSSR count). The average Bonchev–Trinajstić information content (AvgIpc) is 2.82. The SMILES string of the molecule is Cl.Cl.NCCc1ccc(Oc2ccc(F)c(C(=O)N3CCCCC3CN3CCOCC3)c2)cc1. The third-order valence-electron chi connectivity index (χ3n) is 6.22. The molecule has 188 valence electrons. The molecule has 1 atom stereocenters. The molecular weight excluding hydrogens is 480 g/mol. The summed E-state index contributed by atoms with van der Waals surface area (Å²) >= 11 is 0. The summed E-state index contributed by atoms with van der Waals surface area (Å²) in [5.74, 6) is 0.308. The molecule has 0 aromatic heterocycles. The lowest BCUT2D eigenvalue weighted by molar-refractivity contribution is 0.0165. The van der Waals surface area contributed by atoms with Crippen LogP contribution in [0, 0.1) is 5.82 Å². The Morgan fingerprint density at radius 3 is 2.44 bits per heavy atom. The first kappa shape index (κ1) is 28.3. The highest BCUT2D eigenvalue weighted by Gasteiger charge is 2.31. The zero-order valence-electron chi connectivity index (χ0n) is 19.3. The number of hydrogen-bond acceptors (Lipinski definition) is 5. The number of carbonyl (C=O) groups is 1. The Hall–Kier alpha value is -1.90. The molecule has 9 heteroatoms. The number of nitrogens with zero attached hydrogens (tertiary/aromatic N) is 2. The molecule has 2 aliphatic rings. The van der Waals surface area contributed by atoms with Gasteiger partial charge < -0.3 is 20.1 Å². The van der Waals surface area contributed by atoms with Crippen LogP contribution < -0.4 is 10.5 Å². The Kier molecular flexibility index (Phi) is 11.5. The predicted octanol–water partition coefficient (Wildman–Crippen LogP) is 4.29. The van der Waals surface area contributed by atoms with Crippen LogP contribution in [0.1, 0.15) is 35.2 Å². The first-order chi connectivity index (χ1) is 15.6. The fourth-order valence-electron chi connectivity index (χ4n) is 4.45. The molecule has 0 saturated carbocycles. The molecule has 34 heavy (non-hydrogen) atoms. The fraction of sp³-hybridized carbons (Fsp3) is 0.480. The Morgan fingerprint density at radius 2 is 1.74 bits per heavy atom. The summed E-state index contributed by atoms with van der Waals surface area (Å²) in [6.07, 6.45) is 3.77. The molecule has 1 amide bonds. The van der Waals surface area contributed by atoms with Crippen LogP contribution in [0.5, 0.6) is 11.5 Å². The van der Waals surface area contributed by atoms with Crippen LogP contribution in [0.15, 0.2) is 42.5 Å². The number of halogens is 3. The number of likely N-dealkylation sites (tertiary alicyclic amines) is 1. The van der Waals surface area contributed by atoms with Gasteiger partial charge in [0.15, 0.2) is 0 Å². The van der Waals surface area contributed by atoms with E-state index >= 15 is 0 Å². The number of ether oxygens (including phenoxy) is 2. The van der Waals surface area contributed by atoms with Crippen molar-refractivity contribution in [1.82, 2.24) is 9.80 Å². The van der Waals surface area contributed by atoms with Crippen LogP contribution in [-0.4, -0.2) is 67.7 Å². The van der Waals surface area contributed by atoms with Crippen LogP contribution in [0.25, 0.3) is 0 Å². The number of benzene rings is 2. The Bertz CT molecular complexity index is 911. The second-order valence-corrected chi connectivity index (χ2v) is 8.49. The Balaban J connectivity index is 0.00000204. The van der Waals surface area contributed by atoms with Gasteiger partial charge >= 0.3 is 0 Å². The summed E-state index contributed by atoms with van der Waals surface area (Å²) in [5, 5.41) is 0. The highest BCUT2D eigenvalue weighted by molar-refractivity contribution is 5.95. The summed E-state index contributed by atoms with van der Waals surface area (Å²) < 4.78 is 26.0. The standard InChI is InChI=1S/C25H32FN3O3.2ClH/c26-24-9-8-22(32-21-6-4-19(5-7-21)10-11-27)17-23(24)25(30)29-12-2-1-3-20(29)18-28-13-15-31-16-14-28;;/h4-9,17,20H,1-3,10-16,18,27H2;2*1H. The van der Waals surface area contributed by atoms with Crippen LogP contribution in [0.3, 0.4) is 0 Å². The molecule has 2 aromatic carbocycles. The van der Waals surface area contributed by atoms with E-state index in [1.54, 1.807) is 6.07 Å². The number of hydrogen-bond donors (Lipinski definition) is 1. The van der Waals surface area contributed by atoms with Gasteiger partial charge in [0, 0.05) is 32.2 Å². The second kappa shape index (κ2) is 13.9. The lowest BCUT2D eigenvalue weighted by Gasteiger charge is -2.39. The summed E-state index contributed by atoms with van der Waals surface area (Å²) in [5.41, 5.74) is 6.79. The van der Waals surface area contributed by atoms with Gasteiger partial charge in [0.1, 0.15) is 17.3 Å².